The Kier molecular flexibility index (Phi) is 5.58. The fourth-order valence-electron chi connectivity index (χ4n) is 2.75. The van der Waals surface area contributed by atoms with Crippen molar-refractivity contribution in [1.82, 2.24) is 4.98 Å². The largest absolute Gasteiger partial charge is 0.493 e. The number of rotatable bonds is 7. The Bertz CT molecular complexity index is 1110. The van der Waals surface area contributed by atoms with Crippen LogP contribution in [0.3, 0.4) is 0 Å². The summed E-state index contributed by atoms with van der Waals surface area (Å²) < 4.78 is 16.6. The van der Waals surface area contributed by atoms with Crippen molar-refractivity contribution in [2.24, 2.45) is 0 Å². The Labute approximate surface area is 171 Å². The molecule has 0 saturated carbocycles. The zero-order valence-corrected chi connectivity index (χ0v) is 16.4. The van der Waals surface area contributed by atoms with Crippen LogP contribution < -0.4 is 14.8 Å². The first-order valence-electron chi connectivity index (χ1n) is 8.89. The lowest BCUT2D eigenvalue weighted by Crippen LogP contribution is -2.10. The van der Waals surface area contributed by atoms with Crippen molar-refractivity contribution in [2.75, 3.05) is 12.4 Å². The molecule has 0 aliphatic carbocycles. The molecule has 1 N–H and O–H groups in total. The average Bonchev–Trinajstić information content (AvgIpc) is 3.45. The standard InChI is InChI=1S/C22H18N2O4S/c1-26-18-7-2-3-8-19(18)27-14-17-9-10-20(28-17)21(25)24-16-6-4-5-15(13-16)22-23-11-12-29-22/h2-13H,14H2,1H3,(H,24,25). The Morgan fingerprint density at radius 2 is 1.97 bits per heavy atom. The molecule has 6 nitrogen and oxygen atoms in total. The van der Waals surface area contributed by atoms with Gasteiger partial charge in [-0.05, 0) is 36.4 Å². The highest BCUT2D eigenvalue weighted by Gasteiger charge is 2.13. The molecule has 2 aromatic heterocycles. The second kappa shape index (κ2) is 8.62. The second-order valence-corrected chi connectivity index (χ2v) is 6.97. The van der Waals surface area contributed by atoms with E-state index >= 15 is 0 Å². The lowest BCUT2D eigenvalue weighted by Gasteiger charge is -2.08. The van der Waals surface area contributed by atoms with Gasteiger partial charge in [0.1, 0.15) is 17.4 Å². The lowest BCUT2D eigenvalue weighted by molar-refractivity contribution is 0.0992. The number of nitrogens with one attached hydrogen (secondary N) is 1. The molecule has 0 fully saturated rings. The van der Waals surface area contributed by atoms with E-state index in [2.05, 4.69) is 10.3 Å². The maximum absolute atomic E-state index is 12.5. The van der Waals surface area contributed by atoms with Crippen molar-refractivity contribution in [2.45, 2.75) is 6.61 Å². The number of benzene rings is 2. The Morgan fingerprint density at radius 3 is 2.76 bits per heavy atom. The van der Waals surface area contributed by atoms with Crippen molar-refractivity contribution >= 4 is 22.9 Å². The first kappa shape index (κ1) is 18.8. The van der Waals surface area contributed by atoms with Crippen molar-refractivity contribution < 1.29 is 18.7 Å². The van der Waals surface area contributed by atoms with Gasteiger partial charge in [-0.15, -0.1) is 11.3 Å². The van der Waals surface area contributed by atoms with Gasteiger partial charge in [0.15, 0.2) is 17.3 Å². The van der Waals surface area contributed by atoms with Crippen LogP contribution in [0.4, 0.5) is 5.69 Å². The van der Waals surface area contributed by atoms with Crippen LogP contribution in [0.25, 0.3) is 10.6 Å². The van der Waals surface area contributed by atoms with Crippen LogP contribution in [0.1, 0.15) is 16.3 Å². The van der Waals surface area contributed by atoms with Crippen molar-refractivity contribution in [3.8, 4) is 22.1 Å². The number of methoxy groups -OCH3 is 1. The number of nitrogens with zero attached hydrogens (tertiary/aromatic N) is 1. The lowest BCUT2D eigenvalue weighted by atomic mass is 10.2. The summed E-state index contributed by atoms with van der Waals surface area (Å²) in [5, 5.41) is 5.66. The molecule has 2 heterocycles. The van der Waals surface area contributed by atoms with Crippen LogP contribution >= 0.6 is 11.3 Å². The van der Waals surface area contributed by atoms with Gasteiger partial charge >= 0.3 is 0 Å². The SMILES string of the molecule is COc1ccccc1OCc1ccc(C(=O)Nc2cccc(-c3nccs3)c2)o1. The number of anilines is 1. The topological polar surface area (TPSA) is 73.6 Å². The van der Waals surface area contributed by atoms with Crippen molar-refractivity contribution in [3.05, 3.63) is 83.8 Å². The van der Waals surface area contributed by atoms with E-state index in [9.17, 15) is 4.79 Å². The van der Waals surface area contributed by atoms with E-state index in [-0.39, 0.29) is 18.3 Å². The van der Waals surface area contributed by atoms with Crippen LogP contribution in [0.5, 0.6) is 11.5 Å². The molecule has 0 saturated heterocycles. The molecule has 4 rings (SSSR count). The molecule has 0 radical (unpaired) electrons. The fourth-order valence-corrected chi connectivity index (χ4v) is 3.39. The van der Waals surface area contributed by atoms with Crippen LogP contribution in [-0.4, -0.2) is 18.0 Å². The third-order valence-electron chi connectivity index (χ3n) is 4.12. The van der Waals surface area contributed by atoms with Gasteiger partial charge in [-0.25, -0.2) is 4.98 Å². The van der Waals surface area contributed by atoms with E-state index in [1.165, 1.54) is 0 Å². The van der Waals surface area contributed by atoms with E-state index in [1.807, 2.05) is 53.9 Å². The first-order valence-corrected chi connectivity index (χ1v) is 9.77. The number of thiazole rings is 1. The van der Waals surface area contributed by atoms with Gasteiger partial charge in [-0.3, -0.25) is 4.79 Å². The van der Waals surface area contributed by atoms with Crippen LogP contribution in [0.2, 0.25) is 0 Å². The summed E-state index contributed by atoms with van der Waals surface area (Å²) in [6.45, 7) is 0.188. The molecule has 2 aromatic carbocycles. The number of amides is 1. The zero-order valence-electron chi connectivity index (χ0n) is 15.6. The van der Waals surface area contributed by atoms with Crippen LogP contribution in [0.15, 0.2) is 76.7 Å². The molecule has 0 atom stereocenters. The first-order chi connectivity index (χ1) is 14.2. The van der Waals surface area contributed by atoms with E-state index in [0.717, 1.165) is 10.6 Å². The molecule has 0 aliphatic heterocycles. The highest BCUT2D eigenvalue weighted by atomic mass is 32.1. The highest BCUT2D eigenvalue weighted by Crippen LogP contribution is 2.27. The van der Waals surface area contributed by atoms with Crippen LogP contribution in [-0.2, 0) is 6.61 Å². The normalized spacial score (nSPS) is 10.5. The Hall–Kier alpha value is -3.58. The minimum Gasteiger partial charge on any atom is -0.493 e. The van der Waals surface area contributed by atoms with E-state index in [4.69, 9.17) is 13.9 Å². The molecular weight excluding hydrogens is 388 g/mol. The molecule has 0 aliphatic rings. The Morgan fingerprint density at radius 1 is 1.10 bits per heavy atom. The van der Waals surface area contributed by atoms with Crippen molar-refractivity contribution in [3.63, 3.8) is 0 Å². The van der Waals surface area contributed by atoms with Gasteiger partial charge in [0.25, 0.3) is 5.91 Å². The Balaban J connectivity index is 1.40. The molecule has 1 amide bonds. The second-order valence-electron chi connectivity index (χ2n) is 6.08. The average molecular weight is 406 g/mol. The van der Waals surface area contributed by atoms with Gasteiger partial charge in [0, 0.05) is 22.8 Å². The third kappa shape index (κ3) is 4.47. The molecular formula is C22H18N2O4S. The summed E-state index contributed by atoms with van der Waals surface area (Å²) in [5.74, 6) is 1.67. The summed E-state index contributed by atoms with van der Waals surface area (Å²) >= 11 is 1.54. The summed E-state index contributed by atoms with van der Waals surface area (Å²) in [6.07, 6.45) is 1.75. The molecule has 0 spiro atoms. The number of aromatic nitrogens is 1. The number of para-hydroxylation sites is 2. The van der Waals surface area contributed by atoms with Crippen molar-refractivity contribution in [1.29, 1.82) is 0 Å². The van der Waals surface area contributed by atoms with E-state index in [0.29, 0.717) is 22.9 Å². The summed E-state index contributed by atoms with van der Waals surface area (Å²) in [6, 6.07) is 18.2. The fraction of sp³-hybridized carbons (Fsp3) is 0.0909. The monoisotopic (exact) mass is 406 g/mol. The quantitative estimate of drug-likeness (QED) is 0.454. The smallest absolute Gasteiger partial charge is 0.291 e. The van der Waals surface area contributed by atoms with Gasteiger partial charge in [-0.1, -0.05) is 24.3 Å². The number of furan rings is 1. The molecule has 0 unspecified atom stereocenters. The van der Waals surface area contributed by atoms with E-state index < -0.39 is 0 Å². The molecule has 4 aromatic rings. The maximum atomic E-state index is 12.5. The summed E-state index contributed by atoms with van der Waals surface area (Å²) in [7, 11) is 1.58. The molecule has 7 heteroatoms. The van der Waals surface area contributed by atoms with Gasteiger partial charge in [-0.2, -0.15) is 0 Å². The van der Waals surface area contributed by atoms with Gasteiger partial charge in [0.2, 0.25) is 0 Å². The minimum absolute atomic E-state index is 0.188. The molecule has 0 bridgehead atoms. The maximum Gasteiger partial charge on any atom is 0.291 e. The number of carbonyl (C=O) groups is 1. The third-order valence-corrected chi connectivity index (χ3v) is 4.95. The number of hydrogen-bond acceptors (Lipinski definition) is 6. The predicted molar refractivity (Wildman–Crippen MR) is 112 cm³/mol. The number of hydrogen-bond donors (Lipinski definition) is 1. The summed E-state index contributed by atoms with van der Waals surface area (Å²) in [5.41, 5.74) is 1.62. The minimum atomic E-state index is -0.329. The summed E-state index contributed by atoms with van der Waals surface area (Å²) in [4.78, 5) is 16.8. The zero-order chi connectivity index (χ0) is 20.1. The molecule has 146 valence electrons. The van der Waals surface area contributed by atoms with Crippen LogP contribution in [0, 0.1) is 0 Å². The predicted octanol–water partition coefficient (Wildman–Crippen LogP) is 5.24. The number of ether oxygens (including phenoxy) is 2. The van der Waals surface area contributed by atoms with Gasteiger partial charge in [0.05, 0.1) is 7.11 Å². The molecule has 29 heavy (non-hydrogen) atoms. The van der Waals surface area contributed by atoms with Gasteiger partial charge < -0.3 is 19.2 Å². The number of carbonyl (C=O) groups excluding carboxylic acids is 1. The highest BCUT2D eigenvalue weighted by molar-refractivity contribution is 7.13. The van der Waals surface area contributed by atoms with E-state index in [1.54, 1.807) is 36.8 Å².